The third kappa shape index (κ3) is 33.2. The zero-order valence-electron chi connectivity index (χ0n) is 26.9. The Morgan fingerprint density at radius 1 is 0.308 bits per heavy atom. The van der Waals surface area contributed by atoms with Gasteiger partial charge in [-0.25, -0.2) is 0 Å². The van der Waals surface area contributed by atoms with Crippen LogP contribution < -0.4 is 5.32 Å². The van der Waals surface area contributed by atoms with E-state index in [1.807, 2.05) is 0 Å². The SMILES string of the molecule is CCCCCCCCCCCCCCCCCC(=O)[N]C(=O)CCCCCCCCCCCCCCCCC. The van der Waals surface area contributed by atoms with Crippen LogP contribution >= 0.6 is 0 Å². The van der Waals surface area contributed by atoms with Gasteiger partial charge in [0.1, 0.15) is 0 Å². The second kappa shape index (κ2) is 33.3. The second-order valence-electron chi connectivity index (χ2n) is 12.3. The van der Waals surface area contributed by atoms with E-state index in [2.05, 4.69) is 19.2 Å². The zero-order valence-corrected chi connectivity index (χ0v) is 26.9. The summed E-state index contributed by atoms with van der Waals surface area (Å²) in [6.45, 7) is 4.56. The quantitative estimate of drug-likeness (QED) is 0.0785. The van der Waals surface area contributed by atoms with Crippen molar-refractivity contribution in [1.82, 2.24) is 5.32 Å². The molecule has 0 aliphatic rings. The van der Waals surface area contributed by atoms with Gasteiger partial charge in [0, 0.05) is 12.8 Å². The van der Waals surface area contributed by atoms with Gasteiger partial charge >= 0.3 is 0 Å². The molecule has 2 amide bonds. The van der Waals surface area contributed by atoms with E-state index in [0.29, 0.717) is 12.8 Å². The lowest BCUT2D eigenvalue weighted by Crippen LogP contribution is -2.22. The first-order chi connectivity index (χ1) is 19.2. The Bertz CT molecular complexity index is 460. The van der Waals surface area contributed by atoms with E-state index < -0.39 is 0 Å². The molecule has 1 radical (unpaired) electrons. The van der Waals surface area contributed by atoms with Crippen LogP contribution in [0.4, 0.5) is 0 Å². The van der Waals surface area contributed by atoms with Gasteiger partial charge in [-0.15, -0.1) is 0 Å². The number of imide groups is 1. The van der Waals surface area contributed by atoms with E-state index in [1.165, 1.54) is 167 Å². The number of nitrogens with zero attached hydrogens (tertiary/aromatic N) is 1. The van der Waals surface area contributed by atoms with E-state index in [1.54, 1.807) is 0 Å². The van der Waals surface area contributed by atoms with Crippen LogP contribution in [0.2, 0.25) is 0 Å². The summed E-state index contributed by atoms with van der Waals surface area (Å²) < 4.78 is 0. The van der Waals surface area contributed by atoms with Gasteiger partial charge in [0.05, 0.1) is 0 Å². The number of unbranched alkanes of at least 4 members (excludes halogenated alkanes) is 28. The Morgan fingerprint density at radius 3 is 0.692 bits per heavy atom. The fourth-order valence-electron chi connectivity index (χ4n) is 5.55. The summed E-state index contributed by atoms with van der Waals surface area (Å²) in [5, 5.41) is 3.81. The molecule has 0 fully saturated rings. The number of rotatable bonds is 32. The van der Waals surface area contributed by atoms with Crippen molar-refractivity contribution in [2.45, 2.75) is 219 Å². The number of carbonyl (C=O) groups excluding carboxylic acids is 2. The first kappa shape index (κ1) is 38.1. The minimum Gasteiger partial charge on any atom is -0.273 e. The Kier molecular flexibility index (Phi) is 32.6. The lowest BCUT2D eigenvalue weighted by molar-refractivity contribution is -0.131. The van der Waals surface area contributed by atoms with E-state index in [4.69, 9.17) is 0 Å². The summed E-state index contributed by atoms with van der Waals surface area (Å²) in [7, 11) is 0. The average molecular weight is 549 g/mol. The first-order valence-corrected chi connectivity index (χ1v) is 18.0. The molecule has 0 saturated carbocycles. The van der Waals surface area contributed by atoms with Crippen molar-refractivity contribution in [3.05, 3.63) is 0 Å². The molecule has 39 heavy (non-hydrogen) atoms. The average Bonchev–Trinajstić information content (AvgIpc) is 2.93. The minimum absolute atomic E-state index is 0.198. The van der Waals surface area contributed by atoms with Crippen LogP contribution in [0.25, 0.3) is 0 Å². The molecule has 231 valence electrons. The number of hydrogen-bond acceptors (Lipinski definition) is 2. The standard InChI is InChI=1S/C36H70NO2/c1-3-5-7-9-11-13-15-17-19-21-23-25-27-29-31-33-35(38)37-36(39)34-32-30-28-26-24-22-20-18-16-14-12-10-8-6-4-2/h3-34H2,1-2H3. The Labute approximate surface area is 245 Å². The molecule has 0 saturated heterocycles. The molecule has 0 aromatic rings. The maximum absolute atomic E-state index is 12.0. The Hall–Kier alpha value is -0.860. The van der Waals surface area contributed by atoms with Gasteiger partial charge in [-0.3, -0.25) is 9.59 Å². The number of hydrogen-bond donors (Lipinski definition) is 0. The van der Waals surface area contributed by atoms with Gasteiger partial charge in [0.15, 0.2) is 0 Å². The van der Waals surface area contributed by atoms with E-state index in [0.717, 1.165) is 25.7 Å². The maximum atomic E-state index is 12.0. The summed E-state index contributed by atoms with van der Waals surface area (Å²) in [6.07, 6.45) is 40.4. The van der Waals surface area contributed by atoms with E-state index in [-0.39, 0.29) is 11.8 Å². The molecule has 0 N–H and O–H groups in total. The predicted octanol–water partition coefficient (Wildman–Crippen LogP) is 12.2. The summed E-state index contributed by atoms with van der Waals surface area (Å²) >= 11 is 0. The molecule has 3 nitrogen and oxygen atoms in total. The fourth-order valence-corrected chi connectivity index (χ4v) is 5.55. The second-order valence-corrected chi connectivity index (χ2v) is 12.3. The molecular formula is C36H70NO2. The zero-order chi connectivity index (χ0) is 28.5. The number of carbonyl (C=O) groups is 2. The maximum Gasteiger partial charge on any atom is 0.248 e. The Morgan fingerprint density at radius 2 is 0.487 bits per heavy atom. The summed E-state index contributed by atoms with van der Waals surface area (Å²) in [5.41, 5.74) is 0. The minimum atomic E-state index is -0.198. The summed E-state index contributed by atoms with van der Waals surface area (Å²) in [4.78, 5) is 23.9. The predicted molar refractivity (Wildman–Crippen MR) is 171 cm³/mol. The smallest absolute Gasteiger partial charge is 0.248 e. The van der Waals surface area contributed by atoms with Crippen LogP contribution in [-0.4, -0.2) is 11.8 Å². The topological polar surface area (TPSA) is 48.2 Å². The molecule has 0 heterocycles. The molecule has 3 heteroatoms. The molecule has 0 spiro atoms. The molecule has 0 aromatic carbocycles. The highest BCUT2D eigenvalue weighted by atomic mass is 16.2. The van der Waals surface area contributed by atoms with Crippen molar-refractivity contribution in [1.29, 1.82) is 0 Å². The van der Waals surface area contributed by atoms with Crippen molar-refractivity contribution in [3.8, 4) is 0 Å². The van der Waals surface area contributed by atoms with Gasteiger partial charge in [0.25, 0.3) is 0 Å². The molecule has 0 aliphatic heterocycles. The van der Waals surface area contributed by atoms with Crippen molar-refractivity contribution >= 4 is 11.8 Å². The van der Waals surface area contributed by atoms with Gasteiger partial charge in [-0.05, 0) is 12.8 Å². The summed E-state index contributed by atoms with van der Waals surface area (Å²) in [6, 6.07) is 0. The molecular weight excluding hydrogens is 478 g/mol. The van der Waals surface area contributed by atoms with Gasteiger partial charge in [-0.1, -0.05) is 194 Å². The molecule has 0 bridgehead atoms. The number of amides is 2. The highest BCUT2D eigenvalue weighted by Crippen LogP contribution is 2.15. The van der Waals surface area contributed by atoms with Crippen molar-refractivity contribution in [2.24, 2.45) is 0 Å². The van der Waals surface area contributed by atoms with Crippen molar-refractivity contribution in [3.63, 3.8) is 0 Å². The van der Waals surface area contributed by atoms with Crippen LogP contribution in [0.1, 0.15) is 219 Å². The lowest BCUT2D eigenvalue weighted by Gasteiger charge is -2.04. The highest BCUT2D eigenvalue weighted by Gasteiger charge is 2.10. The Balaban J connectivity index is 3.27. The normalized spacial score (nSPS) is 11.2. The monoisotopic (exact) mass is 549 g/mol. The molecule has 0 atom stereocenters. The fraction of sp³-hybridized carbons (Fsp3) is 0.944. The van der Waals surface area contributed by atoms with Crippen LogP contribution in [0, 0.1) is 0 Å². The molecule has 0 rings (SSSR count). The van der Waals surface area contributed by atoms with Gasteiger partial charge in [-0.2, -0.15) is 5.32 Å². The lowest BCUT2D eigenvalue weighted by atomic mass is 10.0. The van der Waals surface area contributed by atoms with Gasteiger partial charge < -0.3 is 0 Å². The van der Waals surface area contributed by atoms with Crippen LogP contribution in [0.3, 0.4) is 0 Å². The molecule has 0 unspecified atom stereocenters. The highest BCUT2D eigenvalue weighted by molar-refractivity contribution is 5.94. The largest absolute Gasteiger partial charge is 0.273 e. The third-order valence-corrected chi connectivity index (χ3v) is 8.24. The van der Waals surface area contributed by atoms with Crippen LogP contribution in [0.5, 0.6) is 0 Å². The third-order valence-electron chi connectivity index (χ3n) is 8.24. The van der Waals surface area contributed by atoms with Crippen molar-refractivity contribution < 1.29 is 9.59 Å². The van der Waals surface area contributed by atoms with E-state index in [9.17, 15) is 9.59 Å². The molecule has 0 aliphatic carbocycles. The van der Waals surface area contributed by atoms with E-state index >= 15 is 0 Å². The first-order valence-electron chi connectivity index (χ1n) is 18.0. The van der Waals surface area contributed by atoms with Gasteiger partial charge in [0.2, 0.25) is 11.8 Å². The van der Waals surface area contributed by atoms with Crippen molar-refractivity contribution in [2.75, 3.05) is 0 Å². The van der Waals surface area contributed by atoms with Crippen LogP contribution in [0.15, 0.2) is 0 Å². The summed E-state index contributed by atoms with van der Waals surface area (Å²) in [5.74, 6) is -0.397. The van der Waals surface area contributed by atoms with Crippen LogP contribution in [-0.2, 0) is 9.59 Å². The molecule has 0 aromatic heterocycles.